The Kier molecular flexibility index (Phi) is 2.99. The smallest absolute Gasteiger partial charge is 0.336 e. The summed E-state index contributed by atoms with van der Waals surface area (Å²) in [6.07, 6.45) is 0. The number of aromatic carboxylic acids is 1. The molecule has 1 N–H and O–H groups in total. The normalized spacial score (nSPS) is 14.5. The van der Waals surface area contributed by atoms with E-state index in [-0.39, 0.29) is 18.0 Å². The van der Waals surface area contributed by atoms with Crippen molar-refractivity contribution >= 4 is 11.9 Å². The van der Waals surface area contributed by atoms with Crippen LogP contribution in [0.4, 0.5) is 0 Å². The maximum absolute atomic E-state index is 11.4. The van der Waals surface area contributed by atoms with Gasteiger partial charge in [0, 0.05) is 12.5 Å². The highest BCUT2D eigenvalue weighted by molar-refractivity contribution is 5.90. The number of hydrogen-bond acceptors (Lipinski definition) is 3. The number of hydrogen-bond donors (Lipinski definition) is 1. The Morgan fingerprint density at radius 1 is 1.41 bits per heavy atom. The summed E-state index contributed by atoms with van der Waals surface area (Å²) in [7, 11) is 0. The van der Waals surface area contributed by atoms with Gasteiger partial charge in [0.25, 0.3) is 0 Å². The second kappa shape index (κ2) is 4.45. The second-order valence-corrected chi connectivity index (χ2v) is 3.88. The summed E-state index contributed by atoms with van der Waals surface area (Å²) in [4.78, 5) is 24.0. The Morgan fingerprint density at radius 2 is 2.18 bits per heavy atom. The fraction of sp³-hybridized carbons (Fsp3) is 0.333. The van der Waals surface area contributed by atoms with Crippen LogP contribution >= 0.6 is 0 Å². The third-order valence-electron chi connectivity index (χ3n) is 2.78. The van der Waals surface area contributed by atoms with Gasteiger partial charge in [0.1, 0.15) is 12.4 Å². The summed E-state index contributed by atoms with van der Waals surface area (Å²) < 4.78 is 5.46. The van der Waals surface area contributed by atoms with Gasteiger partial charge in [0.15, 0.2) is 0 Å². The van der Waals surface area contributed by atoms with E-state index in [0.29, 0.717) is 24.5 Å². The molecule has 17 heavy (non-hydrogen) atoms. The highest BCUT2D eigenvalue weighted by Crippen LogP contribution is 2.26. The minimum atomic E-state index is -1.00. The van der Waals surface area contributed by atoms with Crippen molar-refractivity contribution in [1.29, 1.82) is 0 Å². The van der Waals surface area contributed by atoms with Gasteiger partial charge in [-0.3, -0.25) is 4.79 Å². The van der Waals surface area contributed by atoms with Crippen LogP contribution in [0, 0.1) is 0 Å². The van der Waals surface area contributed by atoms with Gasteiger partial charge < -0.3 is 14.7 Å². The molecule has 0 fully saturated rings. The molecule has 0 saturated carbocycles. The maximum Gasteiger partial charge on any atom is 0.336 e. The fourth-order valence-corrected chi connectivity index (χ4v) is 1.87. The largest absolute Gasteiger partial charge is 0.491 e. The van der Waals surface area contributed by atoms with Crippen LogP contribution < -0.4 is 4.74 Å². The van der Waals surface area contributed by atoms with E-state index in [2.05, 4.69) is 0 Å². The quantitative estimate of drug-likeness (QED) is 0.792. The molecule has 0 atom stereocenters. The van der Waals surface area contributed by atoms with E-state index >= 15 is 0 Å². The number of rotatable bonds is 1. The van der Waals surface area contributed by atoms with Crippen molar-refractivity contribution in [3.63, 3.8) is 0 Å². The highest BCUT2D eigenvalue weighted by atomic mass is 16.5. The lowest BCUT2D eigenvalue weighted by Crippen LogP contribution is -2.30. The molecule has 0 saturated heterocycles. The molecule has 0 aromatic heterocycles. The van der Waals surface area contributed by atoms with Gasteiger partial charge in [-0.15, -0.1) is 0 Å². The van der Waals surface area contributed by atoms with Crippen molar-refractivity contribution < 1.29 is 19.4 Å². The minimum absolute atomic E-state index is 0.0818. The van der Waals surface area contributed by atoms with Crippen LogP contribution in [0.2, 0.25) is 0 Å². The molecule has 0 radical (unpaired) electrons. The van der Waals surface area contributed by atoms with Crippen LogP contribution in [0.3, 0.4) is 0 Å². The zero-order valence-electron chi connectivity index (χ0n) is 9.47. The topological polar surface area (TPSA) is 66.8 Å². The monoisotopic (exact) mass is 235 g/mol. The van der Waals surface area contributed by atoms with E-state index in [9.17, 15) is 9.59 Å². The van der Waals surface area contributed by atoms with Crippen LogP contribution in [-0.4, -0.2) is 35.0 Å². The first-order valence-electron chi connectivity index (χ1n) is 5.33. The summed E-state index contributed by atoms with van der Waals surface area (Å²) in [6, 6.07) is 4.89. The Balaban J connectivity index is 2.44. The summed E-state index contributed by atoms with van der Waals surface area (Å²) in [5.74, 6) is -0.536. The van der Waals surface area contributed by atoms with Gasteiger partial charge in [-0.05, 0) is 12.1 Å². The van der Waals surface area contributed by atoms with Crippen LogP contribution in [0.25, 0.3) is 0 Å². The number of amides is 1. The van der Waals surface area contributed by atoms with Crippen molar-refractivity contribution in [2.45, 2.75) is 13.5 Å². The van der Waals surface area contributed by atoms with Crippen molar-refractivity contribution in [1.82, 2.24) is 4.90 Å². The predicted molar refractivity (Wildman–Crippen MR) is 60.0 cm³/mol. The minimum Gasteiger partial charge on any atom is -0.491 e. The average molecular weight is 235 g/mol. The van der Waals surface area contributed by atoms with Crippen LogP contribution in [-0.2, 0) is 11.3 Å². The number of carboxylic acid groups (broad SMARTS) is 1. The molecule has 0 aliphatic carbocycles. The van der Waals surface area contributed by atoms with Gasteiger partial charge in [-0.1, -0.05) is 6.07 Å². The zero-order chi connectivity index (χ0) is 12.4. The van der Waals surface area contributed by atoms with Crippen LogP contribution in [0.15, 0.2) is 18.2 Å². The van der Waals surface area contributed by atoms with Crippen LogP contribution in [0.5, 0.6) is 5.75 Å². The van der Waals surface area contributed by atoms with E-state index in [1.165, 1.54) is 13.0 Å². The first kappa shape index (κ1) is 11.4. The SMILES string of the molecule is CC(=O)N1CCOc2cccc(C(=O)O)c2C1. The number of carboxylic acids is 1. The molecular weight excluding hydrogens is 222 g/mol. The Bertz CT molecular complexity index is 470. The third kappa shape index (κ3) is 2.22. The molecule has 1 aliphatic heterocycles. The summed E-state index contributed by atoms with van der Waals surface area (Å²) in [5, 5.41) is 9.10. The molecule has 0 bridgehead atoms. The van der Waals surface area contributed by atoms with Gasteiger partial charge in [0.05, 0.1) is 18.7 Å². The summed E-state index contributed by atoms with van der Waals surface area (Å²) in [5.41, 5.74) is 0.753. The van der Waals surface area contributed by atoms with Crippen molar-refractivity contribution in [3.8, 4) is 5.75 Å². The number of ether oxygens (including phenoxy) is 1. The lowest BCUT2D eigenvalue weighted by atomic mass is 10.1. The van der Waals surface area contributed by atoms with Gasteiger partial charge >= 0.3 is 5.97 Å². The molecule has 1 heterocycles. The fourth-order valence-electron chi connectivity index (χ4n) is 1.87. The number of carbonyl (C=O) groups excluding carboxylic acids is 1. The van der Waals surface area contributed by atoms with Crippen molar-refractivity contribution in [3.05, 3.63) is 29.3 Å². The highest BCUT2D eigenvalue weighted by Gasteiger charge is 2.22. The molecule has 1 aromatic carbocycles. The van der Waals surface area contributed by atoms with Gasteiger partial charge in [0.2, 0.25) is 5.91 Å². The molecular formula is C12H13NO4. The number of carbonyl (C=O) groups is 2. The molecule has 2 rings (SSSR count). The molecule has 0 unspecified atom stereocenters. The molecule has 5 heteroatoms. The molecule has 1 aromatic rings. The number of nitrogens with zero attached hydrogens (tertiary/aromatic N) is 1. The van der Waals surface area contributed by atoms with E-state index in [1.807, 2.05) is 0 Å². The van der Waals surface area contributed by atoms with E-state index in [0.717, 1.165) is 0 Å². The first-order chi connectivity index (χ1) is 8.09. The van der Waals surface area contributed by atoms with Crippen molar-refractivity contribution in [2.24, 2.45) is 0 Å². The Labute approximate surface area is 98.6 Å². The maximum atomic E-state index is 11.4. The predicted octanol–water partition coefficient (Wildman–Crippen LogP) is 1.13. The standard InChI is InChI=1S/C12H13NO4/c1-8(14)13-5-6-17-11-4-2-3-9(12(15)16)10(11)7-13/h2-4H,5-7H2,1H3,(H,15,16). The van der Waals surface area contributed by atoms with Gasteiger partial charge in [-0.2, -0.15) is 0 Å². The van der Waals surface area contributed by atoms with Crippen molar-refractivity contribution in [2.75, 3.05) is 13.2 Å². The Hall–Kier alpha value is -2.04. The zero-order valence-corrected chi connectivity index (χ0v) is 9.47. The third-order valence-corrected chi connectivity index (χ3v) is 2.78. The molecule has 0 spiro atoms. The summed E-state index contributed by atoms with van der Waals surface area (Å²) >= 11 is 0. The van der Waals surface area contributed by atoms with Crippen LogP contribution in [0.1, 0.15) is 22.8 Å². The first-order valence-corrected chi connectivity index (χ1v) is 5.33. The number of fused-ring (bicyclic) bond motifs is 1. The van der Waals surface area contributed by atoms with E-state index < -0.39 is 5.97 Å². The molecule has 5 nitrogen and oxygen atoms in total. The molecule has 90 valence electrons. The Morgan fingerprint density at radius 3 is 2.82 bits per heavy atom. The van der Waals surface area contributed by atoms with E-state index in [4.69, 9.17) is 9.84 Å². The lowest BCUT2D eigenvalue weighted by molar-refractivity contribution is -0.129. The lowest BCUT2D eigenvalue weighted by Gasteiger charge is -2.18. The second-order valence-electron chi connectivity index (χ2n) is 3.88. The van der Waals surface area contributed by atoms with E-state index in [1.54, 1.807) is 17.0 Å². The van der Waals surface area contributed by atoms with Gasteiger partial charge in [-0.25, -0.2) is 4.79 Å². The number of benzene rings is 1. The molecule has 1 amide bonds. The average Bonchev–Trinajstić information content (AvgIpc) is 2.49. The summed E-state index contributed by atoms with van der Waals surface area (Å²) in [6.45, 7) is 2.61. The molecule has 1 aliphatic rings.